The topological polar surface area (TPSA) is 50.8 Å². The molecule has 0 aromatic heterocycles. The Morgan fingerprint density at radius 2 is 2.35 bits per heavy atom. The smallest absolute Gasteiger partial charge is 0.236 e. The number of carbonyl (C=O) groups excluding carboxylic acids is 1. The molecule has 17 heavy (non-hydrogen) atoms. The van der Waals surface area contributed by atoms with E-state index in [0.29, 0.717) is 32.8 Å². The third-order valence-corrected chi connectivity index (χ3v) is 3.25. The first-order chi connectivity index (χ1) is 8.29. The van der Waals surface area contributed by atoms with Crippen LogP contribution in [0.4, 0.5) is 0 Å². The fraction of sp³-hybridized carbons (Fsp3) is 0.917. The molecular weight excluding hydrogens is 220 g/mol. The Hall–Kier alpha value is -0.650. The molecule has 1 heterocycles. The molecular formula is C12H22N2O3. The zero-order valence-electron chi connectivity index (χ0n) is 10.5. The summed E-state index contributed by atoms with van der Waals surface area (Å²) < 4.78 is 10.6. The summed E-state index contributed by atoms with van der Waals surface area (Å²) in [5.41, 5.74) is 0. The van der Waals surface area contributed by atoms with E-state index in [2.05, 4.69) is 5.32 Å². The molecule has 2 rings (SSSR count). The lowest BCUT2D eigenvalue weighted by Gasteiger charge is -2.32. The van der Waals surface area contributed by atoms with Crippen molar-refractivity contribution in [3.05, 3.63) is 0 Å². The highest BCUT2D eigenvalue weighted by molar-refractivity contribution is 5.78. The van der Waals surface area contributed by atoms with Crippen LogP contribution in [0.1, 0.15) is 12.8 Å². The zero-order valence-corrected chi connectivity index (χ0v) is 10.5. The van der Waals surface area contributed by atoms with Crippen molar-refractivity contribution in [2.24, 2.45) is 5.92 Å². The molecule has 1 unspecified atom stereocenters. The summed E-state index contributed by atoms with van der Waals surface area (Å²) in [7, 11) is 1.65. The van der Waals surface area contributed by atoms with Gasteiger partial charge in [0.25, 0.3) is 0 Å². The van der Waals surface area contributed by atoms with E-state index in [4.69, 9.17) is 9.47 Å². The van der Waals surface area contributed by atoms with Gasteiger partial charge in [-0.3, -0.25) is 4.79 Å². The van der Waals surface area contributed by atoms with Crippen molar-refractivity contribution in [1.82, 2.24) is 10.2 Å². The summed E-state index contributed by atoms with van der Waals surface area (Å²) in [4.78, 5) is 13.8. The Balaban J connectivity index is 1.65. The van der Waals surface area contributed by atoms with E-state index in [1.807, 2.05) is 4.90 Å². The van der Waals surface area contributed by atoms with Crippen LogP contribution in [-0.4, -0.2) is 63.4 Å². The molecule has 1 atom stereocenters. The normalized spacial score (nSPS) is 25.0. The maximum Gasteiger partial charge on any atom is 0.236 e. The van der Waals surface area contributed by atoms with E-state index in [0.717, 1.165) is 12.5 Å². The molecule has 1 N–H and O–H groups in total. The van der Waals surface area contributed by atoms with Gasteiger partial charge in [0.05, 0.1) is 25.9 Å². The van der Waals surface area contributed by atoms with Gasteiger partial charge in [-0.25, -0.2) is 0 Å². The standard InChI is InChI=1S/C12H22N2O3/c1-16-9-11-8-14(4-5-17-11)12(15)7-13-6-10-2-3-10/h10-11,13H,2-9H2,1H3. The maximum atomic E-state index is 11.9. The number of hydrogen-bond acceptors (Lipinski definition) is 4. The lowest BCUT2D eigenvalue weighted by molar-refractivity contribution is -0.139. The molecule has 98 valence electrons. The molecule has 1 amide bonds. The summed E-state index contributed by atoms with van der Waals surface area (Å²) in [5.74, 6) is 0.990. The second-order valence-corrected chi connectivity index (χ2v) is 4.86. The van der Waals surface area contributed by atoms with E-state index in [9.17, 15) is 4.79 Å². The van der Waals surface area contributed by atoms with Gasteiger partial charge >= 0.3 is 0 Å². The van der Waals surface area contributed by atoms with Crippen molar-refractivity contribution < 1.29 is 14.3 Å². The number of hydrogen-bond donors (Lipinski definition) is 1. The van der Waals surface area contributed by atoms with Crippen LogP contribution in [0, 0.1) is 5.92 Å². The van der Waals surface area contributed by atoms with Gasteiger partial charge in [0, 0.05) is 20.2 Å². The van der Waals surface area contributed by atoms with Crippen LogP contribution >= 0.6 is 0 Å². The van der Waals surface area contributed by atoms with Crippen molar-refractivity contribution >= 4 is 5.91 Å². The van der Waals surface area contributed by atoms with Crippen molar-refractivity contribution in [3.8, 4) is 0 Å². The third-order valence-electron chi connectivity index (χ3n) is 3.25. The lowest BCUT2D eigenvalue weighted by Crippen LogP contribution is -2.49. The van der Waals surface area contributed by atoms with Crippen LogP contribution in [-0.2, 0) is 14.3 Å². The van der Waals surface area contributed by atoms with Gasteiger partial charge < -0.3 is 19.7 Å². The number of methoxy groups -OCH3 is 1. The number of rotatable bonds is 6. The van der Waals surface area contributed by atoms with Gasteiger partial charge in [-0.15, -0.1) is 0 Å². The van der Waals surface area contributed by atoms with Gasteiger partial charge in [0.1, 0.15) is 0 Å². The first kappa shape index (κ1) is 12.8. The Kier molecular flexibility index (Phi) is 4.76. The first-order valence-electron chi connectivity index (χ1n) is 6.38. The minimum atomic E-state index is 0.0288. The second kappa shape index (κ2) is 6.33. The molecule has 1 saturated carbocycles. The van der Waals surface area contributed by atoms with Gasteiger partial charge in [-0.05, 0) is 25.3 Å². The molecule has 1 saturated heterocycles. The Bertz CT molecular complexity index is 254. The highest BCUT2D eigenvalue weighted by Crippen LogP contribution is 2.27. The zero-order chi connectivity index (χ0) is 12.1. The van der Waals surface area contributed by atoms with Gasteiger partial charge in [0.2, 0.25) is 5.91 Å². The van der Waals surface area contributed by atoms with Crippen LogP contribution in [0.2, 0.25) is 0 Å². The SMILES string of the molecule is COCC1CN(C(=O)CNCC2CC2)CCO1. The third kappa shape index (κ3) is 4.26. The number of nitrogens with one attached hydrogen (secondary N) is 1. The van der Waals surface area contributed by atoms with Crippen molar-refractivity contribution in [1.29, 1.82) is 0 Å². The quantitative estimate of drug-likeness (QED) is 0.704. The lowest BCUT2D eigenvalue weighted by atomic mass is 10.2. The highest BCUT2D eigenvalue weighted by atomic mass is 16.5. The van der Waals surface area contributed by atoms with E-state index in [-0.39, 0.29) is 12.0 Å². The number of ether oxygens (including phenoxy) is 2. The fourth-order valence-electron chi connectivity index (χ4n) is 2.05. The monoisotopic (exact) mass is 242 g/mol. The maximum absolute atomic E-state index is 11.9. The van der Waals surface area contributed by atoms with E-state index < -0.39 is 0 Å². The Morgan fingerprint density at radius 1 is 1.53 bits per heavy atom. The molecule has 0 spiro atoms. The Morgan fingerprint density at radius 3 is 3.06 bits per heavy atom. The van der Waals surface area contributed by atoms with Crippen LogP contribution in [0.25, 0.3) is 0 Å². The van der Waals surface area contributed by atoms with Gasteiger partial charge in [0.15, 0.2) is 0 Å². The molecule has 0 aromatic rings. The summed E-state index contributed by atoms with van der Waals surface area (Å²) in [5, 5.41) is 3.23. The summed E-state index contributed by atoms with van der Waals surface area (Å²) >= 11 is 0. The number of nitrogens with zero attached hydrogens (tertiary/aromatic N) is 1. The van der Waals surface area contributed by atoms with Crippen LogP contribution in [0.5, 0.6) is 0 Å². The van der Waals surface area contributed by atoms with Crippen LogP contribution in [0.3, 0.4) is 0 Å². The van der Waals surface area contributed by atoms with E-state index in [1.165, 1.54) is 12.8 Å². The highest BCUT2D eigenvalue weighted by Gasteiger charge is 2.25. The summed E-state index contributed by atoms with van der Waals surface area (Å²) in [6, 6.07) is 0. The molecule has 1 aliphatic heterocycles. The average molecular weight is 242 g/mol. The van der Waals surface area contributed by atoms with Gasteiger partial charge in [-0.1, -0.05) is 0 Å². The average Bonchev–Trinajstić information content (AvgIpc) is 3.14. The van der Waals surface area contributed by atoms with E-state index >= 15 is 0 Å². The van der Waals surface area contributed by atoms with Crippen molar-refractivity contribution in [3.63, 3.8) is 0 Å². The first-order valence-corrected chi connectivity index (χ1v) is 6.38. The molecule has 2 aliphatic rings. The molecule has 5 nitrogen and oxygen atoms in total. The van der Waals surface area contributed by atoms with E-state index in [1.54, 1.807) is 7.11 Å². The predicted molar refractivity (Wildman–Crippen MR) is 63.8 cm³/mol. The molecule has 5 heteroatoms. The summed E-state index contributed by atoms with van der Waals surface area (Å²) in [6.45, 7) is 3.96. The Labute approximate surface area is 102 Å². The van der Waals surface area contributed by atoms with Crippen molar-refractivity contribution in [2.45, 2.75) is 18.9 Å². The molecule has 2 fully saturated rings. The molecule has 0 radical (unpaired) electrons. The number of carbonyl (C=O) groups is 1. The number of amides is 1. The van der Waals surface area contributed by atoms with Crippen LogP contribution in [0.15, 0.2) is 0 Å². The largest absolute Gasteiger partial charge is 0.382 e. The summed E-state index contributed by atoms with van der Waals surface area (Å²) in [6.07, 6.45) is 2.66. The molecule has 1 aliphatic carbocycles. The van der Waals surface area contributed by atoms with Crippen LogP contribution < -0.4 is 5.32 Å². The predicted octanol–water partition coefficient (Wildman–Crippen LogP) is -0.140. The van der Waals surface area contributed by atoms with Gasteiger partial charge in [-0.2, -0.15) is 0 Å². The number of morpholine rings is 1. The minimum Gasteiger partial charge on any atom is -0.382 e. The fourth-order valence-corrected chi connectivity index (χ4v) is 2.05. The second-order valence-electron chi connectivity index (χ2n) is 4.86. The molecule has 0 aromatic carbocycles. The minimum absolute atomic E-state index is 0.0288. The molecule has 0 bridgehead atoms. The van der Waals surface area contributed by atoms with Crippen molar-refractivity contribution in [2.75, 3.05) is 46.5 Å².